The summed E-state index contributed by atoms with van der Waals surface area (Å²) in [7, 11) is 1.82. The minimum atomic E-state index is -0.341. The largest absolute Gasteiger partial charge is 0.342 e. The molecule has 0 unspecified atom stereocenters. The molecule has 0 aliphatic rings. The zero-order valence-corrected chi connectivity index (χ0v) is 19.5. The van der Waals surface area contributed by atoms with Crippen LogP contribution in [0.3, 0.4) is 0 Å². The van der Waals surface area contributed by atoms with Crippen molar-refractivity contribution in [1.82, 2.24) is 25.1 Å². The highest BCUT2D eigenvalue weighted by Crippen LogP contribution is 2.26. The second-order valence-electron chi connectivity index (χ2n) is 7.28. The van der Waals surface area contributed by atoms with Crippen LogP contribution in [0.25, 0.3) is 10.2 Å². The first-order valence-corrected chi connectivity index (χ1v) is 11.8. The third-order valence-corrected chi connectivity index (χ3v) is 6.76. The number of hydrogen-bond acceptors (Lipinski definition) is 7. The van der Waals surface area contributed by atoms with Crippen LogP contribution in [0.2, 0.25) is 0 Å². The van der Waals surface area contributed by atoms with Gasteiger partial charge >= 0.3 is 0 Å². The molecule has 1 atom stereocenters. The maximum Gasteiger partial charge on any atom is 0.251 e. The lowest BCUT2D eigenvalue weighted by Gasteiger charge is -2.13. The Hall–Kier alpha value is -3.24. The van der Waals surface area contributed by atoms with Crippen LogP contribution in [0.1, 0.15) is 34.7 Å². The summed E-state index contributed by atoms with van der Waals surface area (Å²) >= 11 is 2.72. The number of nitrogens with zero attached hydrogens (tertiary/aromatic N) is 4. The van der Waals surface area contributed by atoms with E-state index in [2.05, 4.69) is 25.8 Å². The molecule has 2 heterocycles. The van der Waals surface area contributed by atoms with Crippen molar-refractivity contribution in [3.63, 3.8) is 0 Å². The molecule has 2 aromatic heterocycles. The van der Waals surface area contributed by atoms with Crippen LogP contribution in [-0.4, -0.2) is 37.3 Å². The van der Waals surface area contributed by atoms with E-state index in [1.807, 2.05) is 57.3 Å². The predicted molar refractivity (Wildman–Crippen MR) is 127 cm³/mol. The molecule has 0 aliphatic carbocycles. The monoisotopic (exact) mass is 466 g/mol. The molecule has 8 nitrogen and oxygen atoms in total. The van der Waals surface area contributed by atoms with Gasteiger partial charge in [0, 0.05) is 12.6 Å². The molecule has 0 saturated carbocycles. The Morgan fingerprint density at radius 3 is 2.62 bits per heavy atom. The second kappa shape index (κ2) is 9.49. The highest BCUT2D eigenvalue weighted by atomic mass is 32.2. The van der Waals surface area contributed by atoms with Gasteiger partial charge in [0.1, 0.15) is 0 Å². The smallest absolute Gasteiger partial charge is 0.251 e. The normalized spacial score (nSPS) is 12.0. The minimum absolute atomic E-state index is 0.167. The van der Waals surface area contributed by atoms with Crippen molar-refractivity contribution in [3.8, 4) is 0 Å². The molecule has 0 radical (unpaired) electrons. The number of hydrogen-bond donors (Lipinski definition) is 2. The van der Waals surface area contributed by atoms with Crippen molar-refractivity contribution in [1.29, 1.82) is 0 Å². The Bertz CT molecular complexity index is 1230. The maximum atomic E-state index is 12.5. The van der Waals surface area contributed by atoms with Gasteiger partial charge in [-0.1, -0.05) is 52.9 Å². The first-order chi connectivity index (χ1) is 15.4. The van der Waals surface area contributed by atoms with Crippen LogP contribution in [0, 0.1) is 6.92 Å². The fourth-order valence-electron chi connectivity index (χ4n) is 3.09. The zero-order chi connectivity index (χ0) is 22.7. The number of fused-ring (bicyclic) bond motifs is 1. The molecule has 10 heteroatoms. The average molecular weight is 467 g/mol. The Balaban J connectivity index is 1.34. The van der Waals surface area contributed by atoms with Crippen LogP contribution >= 0.6 is 23.1 Å². The lowest BCUT2D eigenvalue weighted by atomic mass is 10.1. The SMILES string of the molecule is Cc1ccc(C(=O)N[C@@H](C)c2nnc(SCC(=O)Nc3nc4ccccc4s3)n2C)cc1. The highest BCUT2D eigenvalue weighted by molar-refractivity contribution is 7.99. The molecule has 0 saturated heterocycles. The number of carbonyl (C=O) groups is 2. The number of para-hydroxylation sites is 1. The van der Waals surface area contributed by atoms with Gasteiger partial charge in [-0.05, 0) is 38.1 Å². The number of anilines is 1. The molecule has 2 N–H and O–H groups in total. The van der Waals surface area contributed by atoms with Crippen molar-refractivity contribution < 1.29 is 9.59 Å². The Morgan fingerprint density at radius 2 is 1.88 bits per heavy atom. The van der Waals surface area contributed by atoms with Gasteiger partial charge in [-0.2, -0.15) is 0 Å². The molecule has 4 aromatic rings. The molecule has 2 aromatic carbocycles. The van der Waals surface area contributed by atoms with E-state index >= 15 is 0 Å². The van der Waals surface area contributed by atoms with Gasteiger partial charge in [-0.25, -0.2) is 4.98 Å². The van der Waals surface area contributed by atoms with Gasteiger partial charge in [0.2, 0.25) is 5.91 Å². The number of benzene rings is 2. The molecule has 0 spiro atoms. The summed E-state index contributed by atoms with van der Waals surface area (Å²) in [6, 6.07) is 14.8. The van der Waals surface area contributed by atoms with E-state index in [1.54, 1.807) is 16.7 Å². The van der Waals surface area contributed by atoms with Crippen LogP contribution in [-0.2, 0) is 11.8 Å². The molecule has 0 aliphatic heterocycles. The number of amides is 2. The third-order valence-electron chi connectivity index (χ3n) is 4.79. The Labute approximate surface area is 193 Å². The van der Waals surface area contributed by atoms with Gasteiger partial charge in [-0.3, -0.25) is 9.59 Å². The maximum absolute atomic E-state index is 12.5. The summed E-state index contributed by atoms with van der Waals surface area (Å²) in [5.41, 5.74) is 2.54. The van der Waals surface area contributed by atoms with Crippen molar-refractivity contribution in [2.24, 2.45) is 7.05 Å². The molecule has 164 valence electrons. The molecular formula is C22H22N6O2S2. The zero-order valence-electron chi connectivity index (χ0n) is 17.8. The molecule has 0 bridgehead atoms. The number of carbonyl (C=O) groups excluding carboxylic acids is 2. The topological polar surface area (TPSA) is 102 Å². The standard InChI is InChI=1S/C22H22N6O2S2/c1-13-8-10-15(11-9-13)20(30)23-14(2)19-26-27-22(28(19)3)31-12-18(29)25-21-24-16-6-4-5-7-17(16)32-21/h4-11,14H,12H2,1-3H3,(H,23,30)(H,24,25,29)/t14-/m0/s1. The van der Waals surface area contributed by atoms with Crippen LogP contribution in [0.5, 0.6) is 0 Å². The first kappa shape index (κ1) is 22.0. The summed E-state index contributed by atoms with van der Waals surface area (Å²) < 4.78 is 2.81. The summed E-state index contributed by atoms with van der Waals surface area (Å²) in [6.45, 7) is 3.83. The number of aryl methyl sites for hydroxylation is 1. The average Bonchev–Trinajstić information content (AvgIpc) is 3.35. The fraction of sp³-hybridized carbons (Fsp3) is 0.227. The Morgan fingerprint density at radius 1 is 1.12 bits per heavy atom. The van der Waals surface area contributed by atoms with Crippen LogP contribution < -0.4 is 10.6 Å². The van der Waals surface area contributed by atoms with Crippen LogP contribution in [0.4, 0.5) is 5.13 Å². The number of rotatable bonds is 7. The van der Waals surface area contributed by atoms with Gasteiger partial charge in [0.25, 0.3) is 5.91 Å². The molecular weight excluding hydrogens is 444 g/mol. The molecule has 32 heavy (non-hydrogen) atoms. The van der Waals surface area contributed by atoms with Gasteiger partial charge in [-0.15, -0.1) is 10.2 Å². The lowest BCUT2D eigenvalue weighted by Crippen LogP contribution is -2.28. The van der Waals surface area contributed by atoms with Crippen molar-refractivity contribution in [3.05, 3.63) is 65.5 Å². The van der Waals surface area contributed by atoms with E-state index in [0.717, 1.165) is 15.8 Å². The van der Waals surface area contributed by atoms with E-state index in [4.69, 9.17) is 0 Å². The van der Waals surface area contributed by atoms with Crippen LogP contribution in [0.15, 0.2) is 53.7 Å². The highest BCUT2D eigenvalue weighted by Gasteiger charge is 2.19. The van der Waals surface area contributed by atoms with E-state index in [1.165, 1.54) is 23.1 Å². The second-order valence-corrected chi connectivity index (χ2v) is 9.26. The summed E-state index contributed by atoms with van der Waals surface area (Å²) in [5, 5.41) is 15.3. The summed E-state index contributed by atoms with van der Waals surface area (Å²) in [6.07, 6.45) is 0. The molecule has 0 fully saturated rings. The molecule has 4 rings (SSSR count). The van der Waals surface area contributed by atoms with Crippen molar-refractivity contribution >= 4 is 50.3 Å². The van der Waals surface area contributed by atoms with Crippen molar-refractivity contribution in [2.75, 3.05) is 11.1 Å². The Kier molecular flexibility index (Phi) is 6.52. The lowest BCUT2D eigenvalue weighted by molar-refractivity contribution is -0.113. The number of thiazole rings is 1. The van der Waals surface area contributed by atoms with E-state index in [0.29, 0.717) is 21.7 Å². The minimum Gasteiger partial charge on any atom is -0.342 e. The molecule has 2 amide bonds. The van der Waals surface area contributed by atoms with Gasteiger partial charge in [0.05, 0.1) is 22.0 Å². The van der Waals surface area contributed by atoms with Crippen molar-refractivity contribution in [2.45, 2.75) is 25.0 Å². The van der Waals surface area contributed by atoms with E-state index < -0.39 is 0 Å². The van der Waals surface area contributed by atoms with Gasteiger partial charge in [0.15, 0.2) is 16.1 Å². The fourth-order valence-corrected chi connectivity index (χ4v) is 4.69. The quantitative estimate of drug-likeness (QED) is 0.400. The third kappa shape index (κ3) is 4.97. The summed E-state index contributed by atoms with van der Waals surface area (Å²) in [4.78, 5) is 29.3. The number of nitrogens with one attached hydrogen (secondary N) is 2. The van der Waals surface area contributed by atoms with E-state index in [9.17, 15) is 9.59 Å². The number of aromatic nitrogens is 4. The predicted octanol–water partition coefficient (Wildman–Crippen LogP) is 3.96. The first-order valence-electron chi connectivity index (χ1n) is 9.96. The summed E-state index contributed by atoms with van der Waals surface area (Å²) in [5.74, 6) is 0.440. The number of thioether (sulfide) groups is 1. The van der Waals surface area contributed by atoms with Gasteiger partial charge < -0.3 is 15.2 Å². The van der Waals surface area contributed by atoms with E-state index in [-0.39, 0.29) is 23.6 Å².